The van der Waals surface area contributed by atoms with Crippen molar-refractivity contribution < 1.29 is 42.7 Å². The number of nitrogens with one attached hydrogen (secondary N) is 4. The first-order valence-electron chi connectivity index (χ1n) is 24.8. The fourth-order valence-electron chi connectivity index (χ4n) is 9.09. The molecule has 5 heterocycles. The van der Waals surface area contributed by atoms with Gasteiger partial charge in [0.25, 0.3) is 11.8 Å². The number of rotatable bonds is 24. The van der Waals surface area contributed by atoms with Crippen LogP contribution in [0.2, 0.25) is 0 Å². The number of imide groups is 1. The number of Topliss-reactive ketones (excluding diaryl/α,β-unsaturated/α-hetero) is 1. The highest BCUT2D eigenvalue weighted by atomic mass is 19.1. The van der Waals surface area contributed by atoms with Crippen LogP contribution in [0.25, 0.3) is 28.3 Å². The molecule has 1 unspecified atom stereocenters. The molecule has 0 spiro atoms. The minimum atomic E-state index is -1.27. The second-order valence-corrected chi connectivity index (χ2v) is 18.8. The number of amides is 7. The lowest BCUT2D eigenvalue weighted by Crippen LogP contribution is -2.47. The Balaban J connectivity index is 0.978. The Labute approximate surface area is 422 Å². The minimum Gasteiger partial charge on any atom is -0.445 e. The van der Waals surface area contributed by atoms with Gasteiger partial charge >= 0.3 is 12.1 Å². The number of aromatic nitrogens is 6. The average Bonchev–Trinajstić information content (AvgIpc) is 4.11. The number of primary amides is 1. The van der Waals surface area contributed by atoms with Crippen molar-refractivity contribution in [2.75, 3.05) is 18.4 Å². The van der Waals surface area contributed by atoms with Crippen LogP contribution < -0.4 is 21.7 Å². The van der Waals surface area contributed by atoms with Crippen molar-refractivity contribution in [1.29, 1.82) is 0 Å². The Morgan fingerprint density at radius 3 is 2.45 bits per heavy atom. The number of pyridine rings is 2. The first-order chi connectivity index (χ1) is 35.1. The van der Waals surface area contributed by atoms with E-state index < -0.39 is 42.2 Å². The van der Waals surface area contributed by atoms with Crippen LogP contribution in [0.15, 0.2) is 79.3 Å². The Bertz CT molecular complexity index is 2790. The van der Waals surface area contributed by atoms with E-state index >= 15 is 4.39 Å². The first-order valence-corrected chi connectivity index (χ1v) is 24.8. The summed E-state index contributed by atoms with van der Waals surface area (Å²) in [5.41, 5.74) is 10.2. The first kappa shape index (κ1) is 53.0. The van der Waals surface area contributed by atoms with Crippen molar-refractivity contribution in [3.8, 4) is 22.6 Å². The van der Waals surface area contributed by atoms with Crippen LogP contribution in [0.5, 0.6) is 0 Å². The van der Waals surface area contributed by atoms with Crippen LogP contribution in [0.3, 0.4) is 0 Å². The van der Waals surface area contributed by atoms with E-state index in [9.17, 15) is 33.6 Å². The molecule has 4 atom stereocenters. The lowest BCUT2D eigenvalue weighted by atomic mass is 9.89. The van der Waals surface area contributed by atoms with Crippen molar-refractivity contribution in [2.45, 2.75) is 123 Å². The van der Waals surface area contributed by atoms with Crippen molar-refractivity contribution in [2.24, 2.45) is 17.6 Å². The van der Waals surface area contributed by atoms with Gasteiger partial charge in [-0.2, -0.15) is 5.10 Å². The number of benzene rings is 1. The maximum absolute atomic E-state index is 15.7. The maximum Gasteiger partial charge on any atom is 0.410 e. The van der Waals surface area contributed by atoms with E-state index in [-0.39, 0.29) is 74.9 Å². The van der Waals surface area contributed by atoms with E-state index in [1.54, 1.807) is 48.8 Å². The summed E-state index contributed by atoms with van der Waals surface area (Å²) in [5.74, 6) is -2.52. The highest BCUT2D eigenvalue weighted by molar-refractivity contribution is 6.12. The molecule has 6 N–H and O–H groups in total. The fraction of sp³-hybridized carbons (Fsp3) is 0.442. The number of ether oxygens (including phenoxy) is 1. The van der Waals surface area contributed by atoms with E-state index in [4.69, 9.17) is 20.4 Å². The quantitative estimate of drug-likeness (QED) is 0.0328. The SMILES string of the molecule is Cc1cccc(-c2[nH]c(CN(C(=O)OCc3ccc(NC(=O)[C@H](CCCNC(N)=O)CC(=O)[C@@H](NC(=O)CCCCCN4C(=O)C=CC4=O)C(C)C)cc3)C3CCCC[C@@H]3F)nc2-c2ccn3ncnc3c2)n1. The smallest absolute Gasteiger partial charge is 0.410 e. The van der Waals surface area contributed by atoms with Gasteiger partial charge in [0.15, 0.2) is 11.4 Å². The summed E-state index contributed by atoms with van der Waals surface area (Å²) in [6.45, 7) is 5.71. The Morgan fingerprint density at radius 1 is 0.959 bits per heavy atom. The number of urea groups is 1. The highest BCUT2D eigenvalue weighted by Gasteiger charge is 2.36. The zero-order chi connectivity index (χ0) is 52.0. The summed E-state index contributed by atoms with van der Waals surface area (Å²) in [7, 11) is 0. The molecule has 20 nitrogen and oxygen atoms in total. The van der Waals surface area contributed by atoms with Gasteiger partial charge in [-0.1, -0.05) is 51.3 Å². The lowest BCUT2D eigenvalue weighted by molar-refractivity contribution is -0.137. The zero-order valence-corrected chi connectivity index (χ0v) is 41.4. The number of carbonyl (C=O) groups is 7. The number of aryl methyl sites for hydroxylation is 1. The molecule has 4 aromatic heterocycles. The van der Waals surface area contributed by atoms with E-state index in [1.807, 2.05) is 37.3 Å². The Hall–Kier alpha value is -7.84. The molecule has 386 valence electrons. The zero-order valence-electron chi connectivity index (χ0n) is 41.4. The van der Waals surface area contributed by atoms with Crippen LogP contribution in [0.1, 0.15) is 102 Å². The largest absolute Gasteiger partial charge is 0.445 e. The topological polar surface area (TPSA) is 269 Å². The number of alkyl halides is 1. The van der Waals surface area contributed by atoms with Gasteiger partial charge in [0.2, 0.25) is 11.8 Å². The number of ketones is 1. The molecular formula is C52H63FN12O8. The molecule has 0 saturated heterocycles. The van der Waals surface area contributed by atoms with Gasteiger partial charge < -0.3 is 31.4 Å². The number of carbonyl (C=O) groups excluding carboxylic acids is 7. The Morgan fingerprint density at radius 2 is 1.73 bits per heavy atom. The number of fused-ring (bicyclic) bond motifs is 1. The molecule has 2 aliphatic rings. The van der Waals surface area contributed by atoms with Crippen molar-refractivity contribution >= 4 is 52.9 Å². The van der Waals surface area contributed by atoms with Gasteiger partial charge in [0.1, 0.15) is 24.9 Å². The lowest BCUT2D eigenvalue weighted by Gasteiger charge is -2.35. The molecule has 5 aromatic rings. The van der Waals surface area contributed by atoms with E-state index in [1.165, 1.54) is 23.4 Å². The van der Waals surface area contributed by atoms with E-state index in [2.05, 4.69) is 31.0 Å². The number of aromatic amines is 1. The molecule has 1 saturated carbocycles. The summed E-state index contributed by atoms with van der Waals surface area (Å²) in [5, 5.41) is 12.4. The molecule has 1 aromatic carbocycles. The number of hydrogen-bond acceptors (Lipinski definition) is 12. The molecular weight excluding hydrogens is 940 g/mol. The third kappa shape index (κ3) is 14.4. The van der Waals surface area contributed by atoms with Crippen molar-refractivity contribution in [3.63, 3.8) is 0 Å². The number of imidazole rings is 1. The summed E-state index contributed by atoms with van der Waals surface area (Å²) in [4.78, 5) is 110. The third-order valence-corrected chi connectivity index (χ3v) is 13.0. The normalized spacial score (nSPS) is 16.4. The summed E-state index contributed by atoms with van der Waals surface area (Å²) in [6, 6.07) is 13.7. The summed E-state index contributed by atoms with van der Waals surface area (Å²) in [6.07, 6.45) is 8.04. The second kappa shape index (κ2) is 25.0. The maximum atomic E-state index is 15.7. The molecule has 0 bridgehead atoms. The van der Waals surface area contributed by atoms with Crippen LogP contribution in [0.4, 0.5) is 19.7 Å². The predicted molar refractivity (Wildman–Crippen MR) is 268 cm³/mol. The third-order valence-electron chi connectivity index (χ3n) is 13.0. The van der Waals surface area contributed by atoms with Gasteiger partial charge in [0.05, 0.1) is 35.7 Å². The summed E-state index contributed by atoms with van der Waals surface area (Å²) >= 11 is 0. The number of halogens is 1. The van der Waals surface area contributed by atoms with Crippen LogP contribution >= 0.6 is 0 Å². The number of unbranched alkanes of at least 4 members (excludes halogenated alkanes) is 2. The highest BCUT2D eigenvalue weighted by Crippen LogP contribution is 2.32. The second-order valence-electron chi connectivity index (χ2n) is 18.8. The van der Waals surface area contributed by atoms with Crippen LogP contribution in [-0.2, 0) is 41.9 Å². The van der Waals surface area contributed by atoms with Gasteiger partial charge in [-0.15, -0.1) is 0 Å². The molecule has 7 amide bonds. The molecule has 1 fully saturated rings. The minimum absolute atomic E-state index is 0.0689. The monoisotopic (exact) mass is 1000 g/mol. The fourth-order valence-corrected chi connectivity index (χ4v) is 9.09. The van der Waals surface area contributed by atoms with Crippen molar-refractivity contribution in [1.82, 2.24) is 50.0 Å². The van der Waals surface area contributed by atoms with Gasteiger partial charge in [-0.25, -0.2) is 28.5 Å². The van der Waals surface area contributed by atoms with Gasteiger partial charge in [-0.05, 0) is 93.3 Å². The molecule has 0 radical (unpaired) electrons. The molecule has 73 heavy (non-hydrogen) atoms. The average molecular weight is 1000 g/mol. The van der Waals surface area contributed by atoms with Crippen LogP contribution in [0, 0.1) is 18.8 Å². The Kier molecular flexibility index (Phi) is 18.1. The molecule has 7 rings (SSSR count). The van der Waals surface area contributed by atoms with Gasteiger partial charge in [0, 0.05) is 67.1 Å². The number of H-pyrrole nitrogens is 1. The van der Waals surface area contributed by atoms with Crippen molar-refractivity contribution in [3.05, 3.63) is 96.4 Å². The number of anilines is 1. The number of hydrogen-bond donors (Lipinski definition) is 5. The predicted octanol–water partition coefficient (Wildman–Crippen LogP) is 6.50. The molecule has 1 aliphatic heterocycles. The molecule has 21 heteroatoms. The number of nitrogens with two attached hydrogens (primary N) is 1. The van der Waals surface area contributed by atoms with Gasteiger partial charge in [-0.3, -0.25) is 38.8 Å². The number of nitrogens with zero attached hydrogens (tertiary/aromatic N) is 7. The van der Waals surface area contributed by atoms with Crippen LogP contribution in [-0.4, -0.2) is 112 Å². The van der Waals surface area contributed by atoms with E-state index in [0.717, 1.165) is 22.6 Å². The standard InChI is InChI=1S/C52H63FN12O8/c1-32(2)47(62-44(67)16-5-4-8-25-63-45(68)21-22-46(63)69)41(66)27-36(12-10-24-55-51(54)71)50(70)59-37-19-17-34(18-20-37)30-73-52(72)64(40-15-7-6-13-38(40)53)29-42-60-48(35-23-26-65-43(28-35)56-31-57-65)49(61-42)39-14-9-11-33(3)58-39/h9,11,14,17-23,26,28,31-32,36,38,40,47H,4-8,10,12-13,15-16,24-25,27,29-30H2,1-3H3,(H,59,70)(H,60,61)(H,62,67)(H3,54,55,71)/t36-,38+,40?,47+/m1/s1. The van der Waals surface area contributed by atoms with E-state index in [0.29, 0.717) is 84.7 Å². The molecule has 1 aliphatic carbocycles. The summed E-state index contributed by atoms with van der Waals surface area (Å²) < 4.78 is 23.2.